The second-order valence-electron chi connectivity index (χ2n) is 7.39. The van der Waals surface area contributed by atoms with E-state index in [-0.39, 0.29) is 11.8 Å². The zero-order valence-electron chi connectivity index (χ0n) is 18.2. The van der Waals surface area contributed by atoms with Crippen LogP contribution in [-0.2, 0) is 14.8 Å². The molecule has 0 saturated carbocycles. The first-order valence-electron chi connectivity index (χ1n) is 9.99. The summed E-state index contributed by atoms with van der Waals surface area (Å²) in [4.78, 5) is 25.1. The molecule has 0 fully saturated rings. The summed E-state index contributed by atoms with van der Waals surface area (Å²) in [6.45, 7) is 6.36. The van der Waals surface area contributed by atoms with Gasteiger partial charge in [-0.25, -0.2) is 8.42 Å². The van der Waals surface area contributed by atoms with Crippen molar-refractivity contribution in [1.29, 1.82) is 0 Å². The molecule has 8 nitrogen and oxygen atoms in total. The zero-order chi connectivity index (χ0) is 23.0. The minimum absolute atomic E-state index is 0.281. The van der Waals surface area contributed by atoms with Crippen LogP contribution in [0.4, 0.5) is 11.4 Å². The number of nitrogens with zero attached hydrogens (tertiary/aromatic N) is 1. The van der Waals surface area contributed by atoms with E-state index in [9.17, 15) is 18.0 Å². The lowest BCUT2D eigenvalue weighted by Gasteiger charge is -2.22. The lowest BCUT2D eigenvalue weighted by atomic mass is 10.1. The Bertz CT molecular complexity index is 1000. The number of para-hydroxylation sites is 1. The number of anilines is 2. The average Bonchev–Trinajstić information content (AvgIpc) is 2.71. The highest BCUT2D eigenvalue weighted by atomic mass is 32.2. The Morgan fingerprint density at radius 1 is 1.06 bits per heavy atom. The fourth-order valence-corrected chi connectivity index (χ4v) is 3.63. The topological polar surface area (TPSA) is 105 Å². The number of nitrogens with one attached hydrogen (secondary N) is 2. The number of benzene rings is 2. The highest BCUT2D eigenvalue weighted by Gasteiger charge is 2.22. The fraction of sp³-hybridized carbons (Fsp3) is 0.364. The largest absolute Gasteiger partial charge is 0.494 e. The predicted molar refractivity (Wildman–Crippen MR) is 122 cm³/mol. The summed E-state index contributed by atoms with van der Waals surface area (Å²) in [7, 11) is -3.72. The van der Waals surface area contributed by atoms with E-state index in [0.29, 0.717) is 35.8 Å². The number of carbonyl (C=O) groups is 2. The third kappa shape index (κ3) is 7.29. The molecule has 2 N–H and O–H groups in total. The average molecular weight is 448 g/mol. The number of sulfonamides is 1. The van der Waals surface area contributed by atoms with Gasteiger partial charge in [-0.15, -0.1) is 0 Å². The predicted octanol–water partition coefficient (Wildman–Crippen LogP) is 2.88. The fourth-order valence-electron chi connectivity index (χ4n) is 2.78. The highest BCUT2D eigenvalue weighted by Crippen LogP contribution is 2.22. The summed E-state index contributed by atoms with van der Waals surface area (Å²) in [6, 6.07) is 13.0. The molecule has 31 heavy (non-hydrogen) atoms. The lowest BCUT2D eigenvalue weighted by Crippen LogP contribution is -2.37. The van der Waals surface area contributed by atoms with Gasteiger partial charge < -0.3 is 15.4 Å². The van der Waals surface area contributed by atoms with Gasteiger partial charge in [0.15, 0.2) is 0 Å². The van der Waals surface area contributed by atoms with Crippen molar-refractivity contribution >= 4 is 33.2 Å². The van der Waals surface area contributed by atoms with Crippen LogP contribution in [0.3, 0.4) is 0 Å². The monoisotopic (exact) mass is 447 g/mol. The second-order valence-corrected chi connectivity index (χ2v) is 9.30. The van der Waals surface area contributed by atoms with Crippen molar-refractivity contribution in [2.24, 2.45) is 5.92 Å². The SMILES string of the molecule is CCOc1ccc(N(CC(=O)Nc2ccccc2C(=O)NCC(C)C)S(C)(=O)=O)cc1. The summed E-state index contributed by atoms with van der Waals surface area (Å²) in [5, 5.41) is 5.46. The Balaban J connectivity index is 2.18. The molecule has 0 saturated heterocycles. The maximum absolute atomic E-state index is 12.7. The molecule has 0 spiro atoms. The maximum Gasteiger partial charge on any atom is 0.253 e. The number of ether oxygens (including phenoxy) is 1. The van der Waals surface area contributed by atoms with Crippen molar-refractivity contribution < 1.29 is 22.7 Å². The van der Waals surface area contributed by atoms with Crippen molar-refractivity contribution in [2.75, 3.05) is 35.6 Å². The van der Waals surface area contributed by atoms with Crippen LogP contribution in [0.1, 0.15) is 31.1 Å². The second kappa shape index (κ2) is 10.8. The van der Waals surface area contributed by atoms with E-state index in [1.54, 1.807) is 48.5 Å². The maximum atomic E-state index is 12.7. The smallest absolute Gasteiger partial charge is 0.253 e. The number of hydrogen-bond donors (Lipinski definition) is 2. The molecule has 0 aliphatic rings. The molecule has 0 bridgehead atoms. The minimum atomic E-state index is -3.72. The van der Waals surface area contributed by atoms with Gasteiger partial charge >= 0.3 is 0 Å². The highest BCUT2D eigenvalue weighted by molar-refractivity contribution is 7.92. The lowest BCUT2D eigenvalue weighted by molar-refractivity contribution is -0.114. The number of hydrogen-bond acceptors (Lipinski definition) is 5. The van der Waals surface area contributed by atoms with Crippen LogP contribution in [-0.4, -0.2) is 46.2 Å². The van der Waals surface area contributed by atoms with E-state index in [2.05, 4.69) is 10.6 Å². The van der Waals surface area contributed by atoms with E-state index in [0.717, 1.165) is 10.6 Å². The first-order valence-corrected chi connectivity index (χ1v) is 11.8. The van der Waals surface area contributed by atoms with Crippen LogP contribution in [0, 0.1) is 5.92 Å². The van der Waals surface area contributed by atoms with Crippen LogP contribution in [0.2, 0.25) is 0 Å². The molecular formula is C22H29N3O5S. The molecule has 0 aliphatic heterocycles. The summed E-state index contributed by atoms with van der Waals surface area (Å²) in [5.41, 5.74) is 0.960. The van der Waals surface area contributed by atoms with Crippen LogP contribution >= 0.6 is 0 Å². The Kier molecular flexibility index (Phi) is 8.44. The molecule has 0 radical (unpaired) electrons. The van der Waals surface area contributed by atoms with Gasteiger partial charge in [0, 0.05) is 6.54 Å². The van der Waals surface area contributed by atoms with Crippen molar-refractivity contribution in [2.45, 2.75) is 20.8 Å². The molecule has 2 aromatic carbocycles. The Morgan fingerprint density at radius 3 is 2.29 bits per heavy atom. The van der Waals surface area contributed by atoms with Gasteiger partial charge in [0.2, 0.25) is 15.9 Å². The molecule has 0 aromatic heterocycles. The minimum Gasteiger partial charge on any atom is -0.494 e. The zero-order valence-corrected chi connectivity index (χ0v) is 19.0. The van der Waals surface area contributed by atoms with E-state index >= 15 is 0 Å². The van der Waals surface area contributed by atoms with Gasteiger partial charge in [0.05, 0.1) is 29.8 Å². The normalized spacial score (nSPS) is 11.1. The van der Waals surface area contributed by atoms with Crippen LogP contribution in [0.5, 0.6) is 5.75 Å². The van der Waals surface area contributed by atoms with Crippen molar-refractivity contribution in [3.8, 4) is 5.75 Å². The summed E-state index contributed by atoms with van der Waals surface area (Å²) < 4.78 is 31.0. The number of carbonyl (C=O) groups excluding carboxylic acids is 2. The Morgan fingerprint density at radius 2 is 1.71 bits per heavy atom. The summed E-state index contributed by atoms with van der Waals surface area (Å²) in [6.07, 6.45) is 1.03. The van der Waals surface area contributed by atoms with Crippen molar-refractivity contribution in [3.63, 3.8) is 0 Å². The molecule has 2 amide bonds. The first kappa shape index (κ1) is 24.2. The molecule has 9 heteroatoms. The van der Waals surface area contributed by atoms with Gasteiger partial charge in [-0.3, -0.25) is 13.9 Å². The van der Waals surface area contributed by atoms with E-state index in [1.807, 2.05) is 20.8 Å². The molecule has 2 rings (SSSR count). The van der Waals surface area contributed by atoms with Crippen LogP contribution in [0.25, 0.3) is 0 Å². The molecule has 2 aromatic rings. The molecule has 0 atom stereocenters. The molecule has 0 unspecified atom stereocenters. The number of rotatable bonds is 10. The van der Waals surface area contributed by atoms with Crippen LogP contribution in [0.15, 0.2) is 48.5 Å². The Hall–Kier alpha value is -3.07. The third-order valence-electron chi connectivity index (χ3n) is 4.24. The van der Waals surface area contributed by atoms with E-state index in [4.69, 9.17) is 4.74 Å². The van der Waals surface area contributed by atoms with Gasteiger partial charge in [0.25, 0.3) is 5.91 Å². The molecular weight excluding hydrogens is 418 g/mol. The van der Waals surface area contributed by atoms with Crippen LogP contribution < -0.4 is 19.7 Å². The van der Waals surface area contributed by atoms with Crippen molar-refractivity contribution in [3.05, 3.63) is 54.1 Å². The third-order valence-corrected chi connectivity index (χ3v) is 5.38. The summed E-state index contributed by atoms with van der Waals surface area (Å²) in [5.74, 6) is 0.00753. The van der Waals surface area contributed by atoms with Gasteiger partial charge in [-0.1, -0.05) is 26.0 Å². The molecule has 0 aliphatic carbocycles. The standard InChI is InChI=1S/C22H29N3O5S/c1-5-30-18-12-10-17(11-13-18)25(31(4,28)29)15-21(26)24-20-9-7-6-8-19(20)22(27)23-14-16(2)3/h6-13,16H,5,14-15H2,1-4H3,(H,23,27)(H,24,26). The molecule has 0 heterocycles. The summed E-state index contributed by atoms with van der Waals surface area (Å²) >= 11 is 0. The first-order chi connectivity index (χ1) is 14.6. The van der Waals surface area contributed by atoms with Gasteiger partial charge in [0.1, 0.15) is 12.3 Å². The van der Waals surface area contributed by atoms with Crippen molar-refractivity contribution in [1.82, 2.24) is 5.32 Å². The van der Waals surface area contributed by atoms with E-state index in [1.165, 1.54) is 0 Å². The van der Waals surface area contributed by atoms with Gasteiger partial charge in [-0.05, 0) is 49.2 Å². The quantitative estimate of drug-likeness (QED) is 0.583. The van der Waals surface area contributed by atoms with Gasteiger partial charge in [-0.2, -0.15) is 0 Å². The number of amides is 2. The molecule has 168 valence electrons. The Labute approximate surface area is 183 Å². The van der Waals surface area contributed by atoms with E-state index < -0.39 is 22.5 Å².